The van der Waals surface area contributed by atoms with E-state index in [1.807, 2.05) is 24.3 Å². The maximum atomic E-state index is 13.0. The van der Waals surface area contributed by atoms with E-state index in [0.29, 0.717) is 18.8 Å². The Labute approximate surface area is 199 Å². The molecule has 2 aromatic carbocycles. The van der Waals surface area contributed by atoms with Gasteiger partial charge in [-0.1, -0.05) is 55.5 Å². The summed E-state index contributed by atoms with van der Waals surface area (Å²) in [4.78, 5) is 36.9. The maximum Gasteiger partial charge on any atom is 0.407 e. The van der Waals surface area contributed by atoms with Crippen LogP contribution in [0, 0.1) is 11.3 Å². The second kappa shape index (κ2) is 9.87. The number of ether oxygens (including phenoxy) is 1. The zero-order chi connectivity index (χ0) is 24.3. The molecule has 7 nitrogen and oxygen atoms in total. The van der Waals surface area contributed by atoms with E-state index in [0.717, 1.165) is 35.1 Å². The average Bonchev–Trinajstić information content (AvgIpc) is 3.16. The van der Waals surface area contributed by atoms with Gasteiger partial charge in [0, 0.05) is 12.5 Å². The minimum Gasteiger partial charge on any atom is -0.480 e. The van der Waals surface area contributed by atoms with Crippen molar-refractivity contribution in [3.8, 4) is 11.1 Å². The average molecular weight is 465 g/mol. The fraction of sp³-hybridized carbons (Fsp3) is 0.444. The first-order valence-corrected chi connectivity index (χ1v) is 11.9. The molecule has 2 aliphatic carbocycles. The summed E-state index contributed by atoms with van der Waals surface area (Å²) in [5.41, 5.74) is 3.76. The van der Waals surface area contributed by atoms with Gasteiger partial charge >= 0.3 is 12.1 Å². The Hall–Kier alpha value is -3.35. The molecule has 0 bridgehead atoms. The van der Waals surface area contributed by atoms with Crippen LogP contribution < -0.4 is 10.6 Å². The van der Waals surface area contributed by atoms with E-state index < -0.39 is 23.5 Å². The molecule has 7 heteroatoms. The lowest BCUT2D eigenvalue weighted by Crippen LogP contribution is -2.53. The van der Waals surface area contributed by atoms with E-state index in [2.05, 4.69) is 41.8 Å². The largest absolute Gasteiger partial charge is 0.480 e. The van der Waals surface area contributed by atoms with Crippen molar-refractivity contribution in [2.24, 2.45) is 11.3 Å². The molecule has 1 saturated carbocycles. The highest BCUT2D eigenvalue weighted by Gasteiger charge is 2.42. The van der Waals surface area contributed by atoms with Crippen molar-refractivity contribution in [2.75, 3.05) is 13.2 Å². The summed E-state index contributed by atoms with van der Waals surface area (Å²) in [6, 6.07) is 15.3. The third kappa shape index (κ3) is 4.79. The predicted molar refractivity (Wildman–Crippen MR) is 128 cm³/mol. The zero-order valence-electron chi connectivity index (χ0n) is 19.7. The van der Waals surface area contributed by atoms with Crippen LogP contribution in [0.3, 0.4) is 0 Å². The van der Waals surface area contributed by atoms with Crippen LogP contribution in [0.15, 0.2) is 48.5 Å². The van der Waals surface area contributed by atoms with E-state index >= 15 is 0 Å². The lowest BCUT2D eigenvalue weighted by Gasteiger charge is -2.38. The number of hydrogen-bond donors (Lipinski definition) is 3. The number of alkyl carbamates (subject to hydrolysis) is 1. The van der Waals surface area contributed by atoms with Crippen molar-refractivity contribution in [1.29, 1.82) is 0 Å². The Balaban J connectivity index is 1.40. The summed E-state index contributed by atoms with van der Waals surface area (Å²) in [6.45, 7) is 3.90. The van der Waals surface area contributed by atoms with Crippen LogP contribution >= 0.6 is 0 Å². The first-order valence-electron chi connectivity index (χ1n) is 11.9. The van der Waals surface area contributed by atoms with Crippen molar-refractivity contribution in [1.82, 2.24) is 10.6 Å². The molecule has 0 spiro atoms. The van der Waals surface area contributed by atoms with Crippen LogP contribution in [-0.4, -0.2) is 42.3 Å². The van der Waals surface area contributed by atoms with E-state index in [1.54, 1.807) is 0 Å². The Bertz CT molecular complexity index is 1030. The molecule has 34 heavy (non-hydrogen) atoms. The smallest absolute Gasteiger partial charge is 0.407 e. The first kappa shape index (κ1) is 23.8. The van der Waals surface area contributed by atoms with Gasteiger partial charge in [0.15, 0.2) is 0 Å². The number of hydrogen-bond acceptors (Lipinski definition) is 4. The third-order valence-electron chi connectivity index (χ3n) is 7.35. The normalized spacial score (nSPS) is 22.2. The quantitative estimate of drug-likeness (QED) is 0.566. The molecule has 3 N–H and O–H groups in total. The number of nitrogens with one attached hydrogen (secondary N) is 2. The van der Waals surface area contributed by atoms with Crippen LogP contribution in [0.2, 0.25) is 0 Å². The summed E-state index contributed by atoms with van der Waals surface area (Å²) in [6.07, 6.45) is 2.31. The number of rotatable bonds is 7. The topological polar surface area (TPSA) is 105 Å². The second-order valence-corrected chi connectivity index (χ2v) is 9.68. The minimum atomic E-state index is -1.09. The Morgan fingerprint density at radius 1 is 1.03 bits per heavy atom. The highest BCUT2D eigenvalue weighted by molar-refractivity contribution is 5.88. The number of carbonyl (C=O) groups is 3. The molecule has 2 aliphatic rings. The van der Waals surface area contributed by atoms with Gasteiger partial charge in [0.25, 0.3) is 0 Å². The summed E-state index contributed by atoms with van der Waals surface area (Å²) in [7, 11) is 0. The van der Waals surface area contributed by atoms with Crippen LogP contribution in [0.25, 0.3) is 11.1 Å². The van der Waals surface area contributed by atoms with Gasteiger partial charge < -0.3 is 20.5 Å². The van der Waals surface area contributed by atoms with Crippen molar-refractivity contribution in [3.05, 3.63) is 59.7 Å². The molecule has 2 amide bonds. The molecule has 0 heterocycles. The fourth-order valence-electron chi connectivity index (χ4n) is 5.10. The van der Waals surface area contributed by atoms with E-state index in [-0.39, 0.29) is 25.0 Å². The molecule has 1 fully saturated rings. The SMILES string of the molecule is CC1CCC(CNC(=O)OCC2c3ccccc3-c3ccccc32)(C(=O)N[C@H](C)C(=O)O)CC1. The van der Waals surface area contributed by atoms with Gasteiger partial charge in [0.05, 0.1) is 5.41 Å². The van der Waals surface area contributed by atoms with Crippen LogP contribution in [0.1, 0.15) is 56.6 Å². The van der Waals surface area contributed by atoms with Gasteiger partial charge in [-0.15, -0.1) is 0 Å². The highest BCUT2D eigenvalue weighted by Crippen LogP contribution is 2.44. The molecule has 0 saturated heterocycles. The number of carbonyl (C=O) groups excluding carboxylic acids is 2. The Morgan fingerprint density at radius 2 is 1.59 bits per heavy atom. The van der Waals surface area contributed by atoms with E-state index in [4.69, 9.17) is 4.74 Å². The van der Waals surface area contributed by atoms with Gasteiger partial charge in [0.1, 0.15) is 12.6 Å². The van der Waals surface area contributed by atoms with Gasteiger partial charge in [0.2, 0.25) is 5.91 Å². The molecule has 2 aromatic rings. The lowest BCUT2D eigenvalue weighted by atomic mass is 9.70. The molecule has 180 valence electrons. The lowest BCUT2D eigenvalue weighted by molar-refractivity contribution is -0.144. The summed E-state index contributed by atoms with van der Waals surface area (Å²) >= 11 is 0. The number of aliphatic carboxylic acids is 1. The predicted octanol–water partition coefficient (Wildman–Crippen LogP) is 4.31. The van der Waals surface area contributed by atoms with Gasteiger partial charge in [-0.2, -0.15) is 0 Å². The van der Waals surface area contributed by atoms with Crippen LogP contribution in [0.4, 0.5) is 4.79 Å². The zero-order valence-corrected chi connectivity index (χ0v) is 19.7. The molecule has 1 atom stereocenters. The van der Waals surface area contributed by atoms with Crippen molar-refractivity contribution >= 4 is 18.0 Å². The molecule has 0 aromatic heterocycles. The van der Waals surface area contributed by atoms with E-state index in [1.165, 1.54) is 6.92 Å². The number of amides is 2. The molecule has 0 unspecified atom stereocenters. The summed E-state index contributed by atoms with van der Waals surface area (Å²) in [5.74, 6) is -0.958. The van der Waals surface area contributed by atoms with Crippen LogP contribution in [0.5, 0.6) is 0 Å². The maximum absolute atomic E-state index is 13.0. The summed E-state index contributed by atoms with van der Waals surface area (Å²) < 4.78 is 5.62. The molecular weight excluding hydrogens is 432 g/mol. The van der Waals surface area contributed by atoms with E-state index in [9.17, 15) is 19.5 Å². The molecule has 0 aliphatic heterocycles. The standard InChI is InChI=1S/C27H32N2O5/c1-17-11-13-27(14-12-17,25(32)29-18(2)24(30)31)16-28-26(33)34-15-23-21-9-5-3-7-19(21)20-8-4-6-10-22(20)23/h3-10,17-18,23H,11-16H2,1-2H3,(H,28,33)(H,29,32)(H,30,31)/t17?,18-,27?/m1/s1. The van der Waals surface area contributed by atoms with Gasteiger partial charge in [-0.25, -0.2) is 4.79 Å². The summed E-state index contributed by atoms with van der Waals surface area (Å²) in [5, 5.41) is 14.6. The Morgan fingerprint density at radius 3 is 2.15 bits per heavy atom. The highest BCUT2D eigenvalue weighted by atomic mass is 16.5. The van der Waals surface area contributed by atoms with Crippen molar-refractivity contribution < 1.29 is 24.2 Å². The third-order valence-corrected chi connectivity index (χ3v) is 7.35. The number of carboxylic acid groups (broad SMARTS) is 1. The minimum absolute atomic E-state index is 0.0395. The molecular formula is C27H32N2O5. The monoisotopic (exact) mass is 464 g/mol. The van der Waals surface area contributed by atoms with Gasteiger partial charge in [-0.05, 0) is 60.8 Å². The number of carboxylic acids is 1. The first-order chi connectivity index (χ1) is 16.3. The van der Waals surface area contributed by atoms with Crippen molar-refractivity contribution in [3.63, 3.8) is 0 Å². The molecule has 0 radical (unpaired) electrons. The second-order valence-electron chi connectivity index (χ2n) is 9.68. The molecule has 4 rings (SSSR count). The Kier molecular flexibility index (Phi) is 6.91. The van der Waals surface area contributed by atoms with Crippen molar-refractivity contribution in [2.45, 2.75) is 51.5 Å². The van der Waals surface area contributed by atoms with Gasteiger partial charge in [-0.3, -0.25) is 9.59 Å². The number of fused-ring (bicyclic) bond motifs is 3. The number of benzene rings is 2. The van der Waals surface area contributed by atoms with Crippen LogP contribution in [-0.2, 0) is 14.3 Å². The fourth-order valence-corrected chi connectivity index (χ4v) is 5.10.